The molecule has 84 valence electrons. The molecule has 0 aliphatic carbocycles. The van der Waals surface area contributed by atoms with Gasteiger partial charge in [-0.05, 0) is 24.6 Å². The van der Waals surface area contributed by atoms with Crippen molar-refractivity contribution in [3.63, 3.8) is 0 Å². The normalized spacial score (nSPS) is 10.6. The fourth-order valence-corrected chi connectivity index (χ4v) is 1.55. The Bertz CT molecular complexity index is 422. The molecule has 0 aliphatic rings. The second kappa shape index (κ2) is 5.42. The maximum absolute atomic E-state index is 4.25. The lowest BCUT2D eigenvalue weighted by atomic mass is 10.2. The Labute approximate surface area is 95.4 Å². The van der Waals surface area contributed by atoms with Gasteiger partial charge < -0.3 is 9.88 Å². The minimum Gasteiger partial charge on any atom is -0.337 e. The van der Waals surface area contributed by atoms with Crippen LogP contribution in [0.5, 0.6) is 0 Å². The van der Waals surface area contributed by atoms with Crippen molar-refractivity contribution in [2.75, 3.05) is 6.54 Å². The van der Waals surface area contributed by atoms with E-state index in [9.17, 15) is 0 Å². The Balaban J connectivity index is 1.72. The van der Waals surface area contributed by atoms with Gasteiger partial charge in [0.15, 0.2) is 0 Å². The first-order chi connectivity index (χ1) is 7.86. The summed E-state index contributed by atoms with van der Waals surface area (Å²) in [5.74, 6) is 1.06. The Morgan fingerprint density at radius 1 is 1.38 bits per heavy atom. The van der Waals surface area contributed by atoms with E-state index in [-0.39, 0.29) is 0 Å². The third-order valence-electron chi connectivity index (χ3n) is 2.52. The number of nitrogens with zero attached hydrogens (tertiary/aromatic N) is 3. The fraction of sp³-hybridized carbons (Fsp3) is 0.333. The molecular weight excluding hydrogens is 200 g/mol. The molecule has 2 aromatic rings. The third-order valence-corrected chi connectivity index (χ3v) is 2.52. The van der Waals surface area contributed by atoms with E-state index in [4.69, 9.17) is 0 Å². The first kappa shape index (κ1) is 10.8. The van der Waals surface area contributed by atoms with Crippen molar-refractivity contribution in [3.8, 4) is 0 Å². The van der Waals surface area contributed by atoms with Gasteiger partial charge in [0.25, 0.3) is 0 Å². The molecule has 2 heterocycles. The van der Waals surface area contributed by atoms with Crippen molar-refractivity contribution in [2.24, 2.45) is 7.05 Å². The van der Waals surface area contributed by atoms with Crippen LogP contribution in [0.4, 0.5) is 0 Å². The number of rotatable bonds is 5. The number of hydrogen-bond donors (Lipinski definition) is 1. The van der Waals surface area contributed by atoms with Gasteiger partial charge in [-0.3, -0.25) is 4.98 Å². The summed E-state index contributed by atoms with van der Waals surface area (Å²) in [6, 6.07) is 4.06. The smallest absolute Gasteiger partial charge is 0.122 e. The molecule has 0 saturated carbocycles. The lowest BCUT2D eigenvalue weighted by Gasteiger charge is -2.04. The van der Waals surface area contributed by atoms with Gasteiger partial charge in [-0.1, -0.05) is 6.07 Å². The molecule has 16 heavy (non-hydrogen) atoms. The van der Waals surface area contributed by atoms with Gasteiger partial charge in [0.2, 0.25) is 0 Å². The van der Waals surface area contributed by atoms with E-state index in [2.05, 4.69) is 21.4 Å². The highest BCUT2D eigenvalue weighted by atomic mass is 15.1. The average molecular weight is 216 g/mol. The number of hydrogen-bond acceptors (Lipinski definition) is 3. The van der Waals surface area contributed by atoms with Crippen molar-refractivity contribution < 1.29 is 0 Å². The minimum absolute atomic E-state index is 0.809. The van der Waals surface area contributed by atoms with Crippen LogP contribution in [-0.2, 0) is 20.0 Å². The van der Waals surface area contributed by atoms with E-state index in [1.54, 1.807) is 6.20 Å². The van der Waals surface area contributed by atoms with Crippen molar-refractivity contribution in [2.45, 2.75) is 13.0 Å². The van der Waals surface area contributed by atoms with Crippen LogP contribution in [0, 0.1) is 0 Å². The van der Waals surface area contributed by atoms with E-state index in [1.165, 1.54) is 5.56 Å². The molecule has 0 aromatic carbocycles. The van der Waals surface area contributed by atoms with Gasteiger partial charge >= 0.3 is 0 Å². The lowest BCUT2D eigenvalue weighted by Crippen LogP contribution is -2.19. The third kappa shape index (κ3) is 2.90. The minimum atomic E-state index is 0.809. The molecule has 0 unspecified atom stereocenters. The summed E-state index contributed by atoms with van der Waals surface area (Å²) >= 11 is 0. The van der Waals surface area contributed by atoms with E-state index in [0.717, 1.165) is 25.3 Å². The predicted molar refractivity (Wildman–Crippen MR) is 62.9 cm³/mol. The first-order valence-corrected chi connectivity index (χ1v) is 5.42. The molecule has 0 fully saturated rings. The lowest BCUT2D eigenvalue weighted by molar-refractivity contribution is 0.637. The largest absolute Gasteiger partial charge is 0.337 e. The molecule has 0 aliphatic heterocycles. The zero-order valence-corrected chi connectivity index (χ0v) is 9.43. The van der Waals surface area contributed by atoms with Crippen LogP contribution in [0.2, 0.25) is 0 Å². The summed E-state index contributed by atoms with van der Waals surface area (Å²) in [5.41, 5.74) is 1.26. The van der Waals surface area contributed by atoms with E-state index < -0.39 is 0 Å². The molecule has 1 N–H and O–H groups in total. The van der Waals surface area contributed by atoms with Crippen LogP contribution in [0.25, 0.3) is 0 Å². The molecule has 0 spiro atoms. The van der Waals surface area contributed by atoms with E-state index in [0.29, 0.717) is 0 Å². The highest BCUT2D eigenvalue weighted by molar-refractivity contribution is 5.08. The van der Waals surface area contributed by atoms with Crippen LogP contribution >= 0.6 is 0 Å². The van der Waals surface area contributed by atoms with Gasteiger partial charge in [0.05, 0.1) is 6.54 Å². The average Bonchev–Trinajstić information content (AvgIpc) is 2.72. The SMILES string of the molecule is Cn1ccnc1CNCCc1cccnc1. The van der Waals surface area contributed by atoms with E-state index >= 15 is 0 Å². The molecule has 0 amide bonds. The molecule has 0 saturated heterocycles. The van der Waals surface area contributed by atoms with E-state index in [1.807, 2.05) is 36.3 Å². The quantitative estimate of drug-likeness (QED) is 0.762. The van der Waals surface area contributed by atoms with Crippen LogP contribution < -0.4 is 5.32 Å². The number of nitrogens with one attached hydrogen (secondary N) is 1. The molecule has 2 rings (SSSR count). The molecule has 4 nitrogen and oxygen atoms in total. The zero-order chi connectivity index (χ0) is 11.2. The van der Waals surface area contributed by atoms with Gasteiger partial charge in [0, 0.05) is 31.8 Å². The van der Waals surface area contributed by atoms with Crippen molar-refractivity contribution in [1.82, 2.24) is 19.9 Å². The zero-order valence-electron chi connectivity index (χ0n) is 9.43. The summed E-state index contributed by atoms with van der Waals surface area (Å²) in [6.45, 7) is 1.75. The molecule has 2 aromatic heterocycles. The number of aryl methyl sites for hydroxylation is 1. The van der Waals surface area contributed by atoms with Gasteiger partial charge in [-0.15, -0.1) is 0 Å². The number of aromatic nitrogens is 3. The highest BCUT2D eigenvalue weighted by Crippen LogP contribution is 1.96. The summed E-state index contributed by atoms with van der Waals surface area (Å²) in [5, 5.41) is 3.37. The highest BCUT2D eigenvalue weighted by Gasteiger charge is 1.97. The van der Waals surface area contributed by atoms with Crippen molar-refractivity contribution in [3.05, 3.63) is 48.3 Å². The molecule has 0 atom stereocenters. The van der Waals surface area contributed by atoms with Crippen LogP contribution in [-0.4, -0.2) is 21.1 Å². The van der Waals surface area contributed by atoms with Crippen LogP contribution in [0.3, 0.4) is 0 Å². The fourth-order valence-electron chi connectivity index (χ4n) is 1.55. The van der Waals surface area contributed by atoms with Crippen LogP contribution in [0.1, 0.15) is 11.4 Å². The topological polar surface area (TPSA) is 42.7 Å². The summed E-state index contributed by atoms with van der Waals surface area (Å²) in [4.78, 5) is 8.33. The Morgan fingerprint density at radius 2 is 2.31 bits per heavy atom. The Kier molecular flexibility index (Phi) is 3.66. The molecular formula is C12H16N4. The maximum Gasteiger partial charge on any atom is 0.122 e. The summed E-state index contributed by atoms with van der Waals surface area (Å²) < 4.78 is 2.02. The number of imidazole rings is 1. The first-order valence-electron chi connectivity index (χ1n) is 5.42. The maximum atomic E-state index is 4.25. The molecule has 0 bridgehead atoms. The van der Waals surface area contributed by atoms with Crippen molar-refractivity contribution in [1.29, 1.82) is 0 Å². The summed E-state index contributed by atoms with van der Waals surface area (Å²) in [6.07, 6.45) is 8.47. The second-order valence-electron chi connectivity index (χ2n) is 3.74. The van der Waals surface area contributed by atoms with Crippen LogP contribution in [0.15, 0.2) is 36.9 Å². The second-order valence-corrected chi connectivity index (χ2v) is 3.74. The number of pyridine rings is 1. The van der Waals surface area contributed by atoms with Crippen molar-refractivity contribution >= 4 is 0 Å². The van der Waals surface area contributed by atoms with Gasteiger partial charge in [0.1, 0.15) is 5.82 Å². The Morgan fingerprint density at radius 3 is 3.00 bits per heavy atom. The standard InChI is InChI=1S/C12H16N4/c1-16-8-7-15-12(16)10-14-6-4-11-3-2-5-13-9-11/h2-3,5,7-9,14H,4,6,10H2,1H3. The molecule has 4 heteroatoms. The van der Waals surface area contributed by atoms with Gasteiger partial charge in [-0.2, -0.15) is 0 Å². The predicted octanol–water partition coefficient (Wildman–Crippen LogP) is 1.15. The summed E-state index contributed by atoms with van der Waals surface area (Å²) in [7, 11) is 2.01. The van der Waals surface area contributed by atoms with Gasteiger partial charge in [-0.25, -0.2) is 4.98 Å². The monoisotopic (exact) mass is 216 g/mol. The Hall–Kier alpha value is -1.68. The molecule has 0 radical (unpaired) electrons.